The van der Waals surface area contributed by atoms with E-state index in [1.165, 1.54) is 11.3 Å². The lowest BCUT2D eigenvalue weighted by molar-refractivity contribution is 0.103. The maximum atomic E-state index is 12.3. The Morgan fingerprint density at radius 3 is 2.86 bits per heavy atom. The number of halogens is 1. The van der Waals surface area contributed by atoms with Crippen molar-refractivity contribution in [2.75, 3.05) is 5.32 Å². The molecule has 0 fully saturated rings. The van der Waals surface area contributed by atoms with Crippen LogP contribution in [0.3, 0.4) is 0 Å². The van der Waals surface area contributed by atoms with Crippen LogP contribution in [0.15, 0.2) is 46.5 Å². The zero-order chi connectivity index (χ0) is 14.8. The highest BCUT2D eigenvalue weighted by molar-refractivity contribution is 9.11. The molecule has 21 heavy (non-hydrogen) atoms. The summed E-state index contributed by atoms with van der Waals surface area (Å²) in [4.78, 5) is 13.0. The number of nitrogens with one attached hydrogen (secondary N) is 1. The van der Waals surface area contributed by atoms with Crippen molar-refractivity contribution in [1.82, 2.24) is 15.0 Å². The fourth-order valence-electron chi connectivity index (χ4n) is 1.87. The number of rotatable bonds is 3. The maximum absolute atomic E-state index is 12.3. The minimum Gasteiger partial charge on any atom is -0.319 e. The lowest BCUT2D eigenvalue weighted by Gasteiger charge is -2.09. The highest BCUT2D eigenvalue weighted by Crippen LogP contribution is 2.28. The molecule has 2 aromatic heterocycles. The number of aryl methyl sites for hydroxylation is 1. The third-order valence-electron chi connectivity index (χ3n) is 2.90. The quantitative estimate of drug-likeness (QED) is 0.773. The van der Waals surface area contributed by atoms with E-state index in [0.717, 1.165) is 15.0 Å². The highest BCUT2D eigenvalue weighted by Gasteiger charge is 2.13. The summed E-state index contributed by atoms with van der Waals surface area (Å²) in [5.74, 6) is -0.138. The monoisotopic (exact) mass is 362 g/mol. The number of benzene rings is 1. The molecule has 0 bridgehead atoms. The second kappa shape index (κ2) is 5.79. The number of para-hydroxylation sites is 2. The molecule has 0 saturated heterocycles. The van der Waals surface area contributed by atoms with E-state index in [1.54, 1.807) is 17.1 Å². The molecule has 5 nitrogen and oxygen atoms in total. The van der Waals surface area contributed by atoms with E-state index in [9.17, 15) is 4.79 Å². The molecule has 0 saturated carbocycles. The van der Waals surface area contributed by atoms with Crippen molar-refractivity contribution < 1.29 is 4.79 Å². The van der Waals surface area contributed by atoms with Crippen molar-refractivity contribution in [2.24, 2.45) is 0 Å². The molecule has 1 aromatic carbocycles. The number of thiophene rings is 1. The van der Waals surface area contributed by atoms with Crippen LogP contribution in [0.5, 0.6) is 0 Å². The first-order chi connectivity index (χ1) is 10.1. The standard InChI is InChI=1S/C14H11BrN4OS/c1-9-8-12(21-13(9)15)14(20)17-10-4-2-3-5-11(10)19-7-6-16-18-19/h2-8H,1H3,(H,17,20). The molecule has 0 atom stereocenters. The first-order valence-corrected chi connectivity index (χ1v) is 7.79. The van der Waals surface area contributed by atoms with Gasteiger partial charge in [-0.1, -0.05) is 17.3 Å². The lowest BCUT2D eigenvalue weighted by atomic mass is 10.2. The van der Waals surface area contributed by atoms with Crippen LogP contribution in [-0.2, 0) is 0 Å². The number of anilines is 1. The predicted octanol–water partition coefficient (Wildman–Crippen LogP) is 3.65. The van der Waals surface area contributed by atoms with E-state index in [2.05, 4.69) is 31.6 Å². The predicted molar refractivity (Wildman–Crippen MR) is 86.1 cm³/mol. The molecule has 7 heteroatoms. The average molecular weight is 363 g/mol. The van der Waals surface area contributed by atoms with Crippen LogP contribution in [0, 0.1) is 6.92 Å². The highest BCUT2D eigenvalue weighted by atomic mass is 79.9. The van der Waals surface area contributed by atoms with Gasteiger partial charge in [0, 0.05) is 0 Å². The second-order valence-corrected chi connectivity index (χ2v) is 6.76. The van der Waals surface area contributed by atoms with E-state index < -0.39 is 0 Å². The largest absolute Gasteiger partial charge is 0.319 e. The Morgan fingerprint density at radius 2 is 2.19 bits per heavy atom. The fraction of sp³-hybridized carbons (Fsp3) is 0.0714. The Balaban J connectivity index is 1.90. The molecule has 106 valence electrons. The van der Waals surface area contributed by atoms with Gasteiger partial charge in [0.15, 0.2) is 0 Å². The van der Waals surface area contributed by atoms with Gasteiger partial charge in [0.2, 0.25) is 0 Å². The molecule has 0 aliphatic rings. The van der Waals surface area contributed by atoms with Crippen molar-refractivity contribution in [3.8, 4) is 5.69 Å². The van der Waals surface area contributed by atoms with Crippen molar-refractivity contribution >= 4 is 38.9 Å². The van der Waals surface area contributed by atoms with Crippen molar-refractivity contribution in [2.45, 2.75) is 6.92 Å². The van der Waals surface area contributed by atoms with Crippen LogP contribution in [-0.4, -0.2) is 20.9 Å². The van der Waals surface area contributed by atoms with Gasteiger partial charge in [-0.15, -0.1) is 16.4 Å². The topological polar surface area (TPSA) is 59.8 Å². The summed E-state index contributed by atoms with van der Waals surface area (Å²) in [7, 11) is 0. The van der Waals surface area contributed by atoms with E-state index in [1.807, 2.05) is 37.3 Å². The number of carbonyl (C=O) groups is 1. The minimum atomic E-state index is -0.138. The lowest BCUT2D eigenvalue weighted by Crippen LogP contribution is -2.12. The molecule has 0 aliphatic carbocycles. The van der Waals surface area contributed by atoms with Gasteiger partial charge in [-0.05, 0) is 46.6 Å². The van der Waals surface area contributed by atoms with Crippen LogP contribution in [0.2, 0.25) is 0 Å². The summed E-state index contributed by atoms with van der Waals surface area (Å²) < 4.78 is 2.59. The number of nitrogens with zero attached hydrogens (tertiary/aromatic N) is 3. The zero-order valence-electron chi connectivity index (χ0n) is 11.1. The average Bonchev–Trinajstić information content (AvgIpc) is 3.10. The molecule has 0 spiro atoms. The number of amides is 1. The van der Waals surface area contributed by atoms with Crippen LogP contribution >= 0.6 is 27.3 Å². The summed E-state index contributed by atoms with van der Waals surface area (Å²) in [6, 6.07) is 9.33. The van der Waals surface area contributed by atoms with Gasteiger partial charge in [-0.25, -0.2) is 4.68 Å². The SMILES string of the molecule is Cc1cc(C(=O)Nc2ccccc2-n2ccnn2)sc1Br. The van der Waals surface area contributed by atoms with Crippen LogP contribution in [0.4, 0.5) is 5.69 Å². The summed E-state index contributed by atoms with van der Waals surface area (Å²) in [5, 5.41) is 10.7. The fourth-order valence-corrected chi connectivity index (χ4v) is 3.30. The van der Waals surface area contributed by atoms with E-state index in [-0.39, 0.29) is 5.91 Å². The molecule has 3 rings (SSSR count). The van der Waals surface area contributed by atoms with Crippen LogP contribution in [0.1, 0.15) is 15.2 Å². The van der Waals surface area contributed by atoms with Crippen molar-refractivity contribution in [3.05, 3.63) is 57.0 Å². The van der Waals surface area contributed by atoms with Gasteiger partial charge in [0.1, 0.15) is 0 Å². The zero-order valence-corrected chi connectivity index (χ0v) is 13.5. The van der Waals surface area contributed by atoms with Gasteiger partial charge in [0.05, 0.1) is 32.4 Å². The number of aromatic nitrogens is 3. The van der Waals surface area contributed by atoms with E-state index >= 15 is 0 Å². The Hall–Kier alpha value is -1.99. The number of carbonyl (C=O) groups excluding carboxylic acids is 1. The Bertz CT molecular complexity index is 763. The second-order valence-electron chi connectivity index (χ2n) is 4.39. The minimum absolute atomic E-state index is 0.138. The third-order valence-corrected chi connectivity index (χ3v) is 5.04. The van der Waals surface area contributed by atoms with Crippen LogP contribution in [0.25, 0.3) is 5.69 Å². The van der Waals surface area contributed by atoms with Gasteiger partial charge in [0.25, 0.3) is 5.91 Å². The van der Waals surface area contributed by atoms with Crippen molar-refractivity contribution in [3.63, 3.8) is 0 Å². The summed E-state index contributed by atoms with van der Waals surface area (Å²) in [5.41, 5.74) is 2.51. The summed E-state index contributed by atoms with van der Waals surface area (Å²) >= 11 is 4.85. The normalized spacial score (nSPS) is 10.6. The molecule has 3 aromatic rings. The number of hydrogen-bond acceptors (Lipinski definition) is 4. The Morgan fingerprint density at radius 1 is 1.38 bits per heavy atom. The van der Waals surface area contributed by atoms with Crippen LogP contribution < -0.4 is 5.32 Å². The Kier molecular flexibility index (Phi) is 3.85. The molecule has 0 aliphatic heterocycles. The van der Waals surface area contributed by atoms with Crippen molar-refractivity contribution in [1.29, 1.82) is 0 Å². The molecule has 1 N–H and O–H groups in total. The summed E-state index contributed by atoms with van der Waals surface area (Å²) in [6.07, 6.45) is 3.33. The van der Waals surface area contributed by atoms with E-state index in [0.29, 0.717) is 10.6 Å². The Labute approximate surface area is 133 Å². The van der Waals surface area contributed by atoms with Gasteiger partial charge < -0.3 is 5.32 Å². The molecule has 0 radical (unpaired) electrons. The molecule has 2 heterocycles. The smallest absolute Gasteiger partial charge is 0.265 e. The van der Waals surface area contributed by atoms with Gasteiger partial charge in [-0.2, -0.15) is 0 Å². The maximum Gasteiger partial charge on any atom is 0.265 e. The molecule has 1 amide bonds. The summed E-state index contributed by atoms with van der Waals surface area (Å²) in [6.45, 7) is 1.96. The molecule has 0 unspecified atom stereocenters. The molecular weight excluding hydrogens is 352 g/mol. The third kappa shape index (κ3) is 2.88. The first kappa shape index (κ1) is 14.0. The first-order valence-electron chi connectivity index (χ1n) is 6.18. The van der Waals surface area contributed by atoms with Gasteiger partial charge >= 0.3 is 0 Å². The van der Waals surface area contributed by atoms with Gasteiger partial charge in [-0.3, -0.25) is 4.79 Å². The molecular formula is C14H11BrN4OS. The number of hydrogen-bond donors (Lipinski definition) is 1. The van der Waals surface area contributed by atoms with E-state index in [4.69, 9.17) is 0 Å².